The number of nitrogens with zero attached hydrogens (tertiary/aromatic N) is 4. The lowest BCUT2D eigenvalue weighted by molar-refractivity contribution is -0.113. The molecule has 2 saturated heterocycles. The van der Waals surface area contributed by atoms with Gasteiger partial charge < -0.3 is 24.4 Å². The van der Waals surface area contributed by atoms with Crippen molar-refractivity contribution in [1.82, 2.24) is 14.9 Å². The third-order valence-electron chi connectivity index (χ3n) is 5.79. The number of amides is 1. The molecule has 180 valence electrons. The predicted octanol–water partition coefficient (Wildman–Crippen LogP) is 3.80. The maximum atomic E-state index is 14.3. The number of ether oxygens (including phenoxy) is 3. The number of halogens is 1. The van der Waals surface area contributed by atoms with E-state index in [0.29, 0.717) is 43.6 Å². The Morgan fingerprint density at radius 3 is 2.59 bits per heavy atom. The molecular weight excluding hydrogens is 441 g/mol. The fraction of sp³-hybridized carbons (Fsp3) is 0.500. The van der Waals surface area contributed by atoms with Gasteiger partial charge in [-0.15, -0.1) is 0 Å². The van der Waals surface area contributed by atoms with Crippen molar-refractivity contribution in [2.45, 2.75) is 39.4 Å². The van der Waals surface area contributed by atoms with Crippen molar-refractivity contribution in [3.05, 3.63) is 41.5 Å². The molecule has 2 unspecified atom stereocenters. The number of fused-ring (bicyclic) bond motifs is 2. The SMILES string of the molecule is Cc1c(Nc2ccc(C#N)cc2F)ncnc1OC1C2COCC1CN(C(=O)OC(C)(C)C)C2. The third kappa shape index (κ3) is 5.20. The van der Waals surface area contributed by atoms with E-state index in [1.165, 1.54) is 18.5 Å². The highest BCUT2D eigenvalue weighted by molar-refractivity contribution is 5.68. The maximum Gasteiger partial charge on any atom is 0.410 e. The molecule has 1 N–H and O–H groups in total. The number of carbonyl (C=O) groups is 1. The van der Waals surface area contributed by atoms with Crippen molar-refractivity contribution in [3.8, 4) is 11.9 Å². The highest BCUT2D eigenvalue weighted by atomic mass is 19.1. The zero-order valence-corrected chi connectivity index (χ0v) is 19.7. The van der Waals surface area contributed by atoms with Crippen LogP contribution in [-0.2, 0) is 9.47 Å². The van der Waals surface area contributed by atoms with Gasteiger partial charge in [-0.05, 0) is 45.9 Å². The van der Waals surface area contributed by atoms with E-state index in [4.69, 9.17) is 19.5 Å². The van der Waals surface area contributed by atoms with Gasteiger partial charge in [0.15, 0.2) is 0 Å². The lowest BCUT2D eigenvalue weighted by Crippen LogP contribution is -2.59. The molecule has 1 amide bonds. The maximum absolute atomic E-state index is 14.3. The fourth-order valence-electron chi connectivity index (χ4n) is 4.19. The molecule has 2 fully saturated rings. The van der Waals surface area contributed by atoms with Gasteiger partial charge in [0, 0.05) is 24.9 Å². The smallest absolute Gasteiger partial charge is 0.410 e. The van der Waals surface area contributed by atoms with Crippen molar-refractivity contribution in [2.24, 2.45) is 11.8 Å². The lowest BCUT2D eigenvalue weighted by Gasteiger charge is -2.46. The molecule has 4 rings (SSSR count). The molecule has 2 bridgehead atoms. The van der Waals surface area contributed by atoms with Gasteiger partial charge in [-0.1, -0.05) is 0 Å². The lowest BCUT2D eigenvalue weighted by atomic mass is 9.84. The molecule has 0 aliphatic carbocycles. The van der Waals surface area contributed by atoms with Crippen LogP contribution in [0.1, 0.15) is 31.9 Å². The summed E-state index contributed by atoms with van der Waals surface area (Å²) < 4.78 is 32.0. The summed E-state index contributed by atoms with van der Waals surface area (Å²) in [7, 11) is 0. The minimum atomic E-state index is -0.564. The first-order valence-electron chi connectivity index (χ1n) is 11.1. The molecule has 10 heteroatoms. The van der Waals surface area contributed by atoms with Crippen molar-refractivity contribution < 1.29 is 23.4 Å². The Balaban J connectivity index is 1.49. The minimum absolute atomic E-state index is 0.0400. The monoisotopic (exact) mass is 469 g/mol. The summed E-state index contributed by atoms with van der Waals surface area (Å²) >= 11 is 0. The van der Waals surface area contributed by atoms with Gasteiger partial charge in [0.2, 0.25) is 5.88 Å². The van der Waals surface area contributed by atoms with E-state index in [-0.39, 0.29) is 35.3 Å². The van der Waals surface area contributed by atoms with E-state index < -0.39 is 11.4 Å². The molecule has 0 radical (unpaired) electrons. The highest BCUT2D eigenvalue weighted by Crippen LogP contribution is 2.34. The summed E-state index contributed by atoms with van der Waals surface area (Å²) in [5, 5.41) is 11.9. The van der Waals surface area contributed by atoms with E-state index in [0.717, 1.165) is 6.07 Å². The van der Waals surface area contributed by atoms with Gasteiger partial charge in [0.05, 0.1) is 36.1 Å². The number of nitriles is 1. The quantitative estimate of drug-likeness (QED) is 0.720. The standard InChI is InChI=1S/C24H28FN5O4/c1-14-21(29-19-6-5-15(8-26)7-18(19)25)27-13-28-22(14)33-20-16-9-30(10-17(20)12-32-11-16)23(31)34-24(2,3)4/h5-7,13,16-17,20H,9-12H2,1-4H3,(H,27,28,29). The number of nitrogens with one attached hydrogen (secondary N) is 1. The van der Waals surface area contributed by atoms with Crippen LogP contribution >= 0.6 is 0 Å². The summed E-state index contributed by atoms with van der Waals surface area (Å²) in [6, 6.07) is 6.09. The van der Waals surface area contributed by atoms with Gasteiger partial charge in [0.1, 0.15) is 29.7 Å². The van der Waals surface area contributed by atoms with Crippen LogP contribution in [0.3, 0.4) is 0 Å². The van der Waals surface area contributed by atoms with Gasteiger partial charge in [0.25, 0.3) is 0 Å². The number of rotatable bonds is 4. The second kappa shape index (κ2) is 9.43. The Morgan fingerprint density at radius 2 is 1.97 bits per heavy atom. The molecular formula is C24H28FN5O4. The Bertz CT molecular complexity index is 1100. The molecule has 0 spiro atoms. The topological polar surface area (TPSA) is 110 Å². The number of hydrogen-bond donors (Lipinski definition) is 1. The van der Waals surface area contributed by atoms with Crippen LogP contribution in [0.15, 0.2) is 24.5 Å². The van der Waals surface area contributed by atoms with Gasteiger partial charge >= 0.3 is 6.09 Å². The zero-order valence-electron chi connectivity index (χ0n) is 19.7. The van der Waals surface area contributed by atoms with Crippen molar-refractivity contribution in [2.75, 3.05) is 31.6 Å². The average Bonchev–Trinajstić information content (AvgIpc) is 2.76. The van der Waals surface area contributed by atoms with Crippen LogP contribution in [-0.4, -0.2) is 59.0 Å². The Morgan fingerprint density at radius 1 is 1.26 bits per heavy atom. The Hall–Kier alpha value is -3.45. The van der Waals surface area contributed by atoms with Crippen LogP contribution < -0.4 is 10.1 Å². The molecule has 9 nitrogen and oxygen atoms in total. The second-order valence-corrected chi connectivity index (χ2v) is 9.61. The summed E-state index contributed by atoms with van der Waals surface area (Å²) in [5.74, 6) is 0.157. The van der Waals surface area contributed by atoms with Gasteiger partial charge in [-0.2, -0.15) is 5.26 Å². The Kier molecular flexibility index (Phi) is 6.57. The summed E-state index contributed by atoms with van der Waals surface area (Å²) in [6.45, 7) is 9.18. The first-order valence-corrected chi connectivity index (χ1v) is 11.1. The molecule has 1 aromatic carbocycles. The molecule has 34 heavy (non-hydrogen) atoms. The number of piperidine rings is 1. The zero-order chi connectivity index (χ0) is 24.5. The van der Waals surface area contributed by atoms with E-state index >= 15 is 0 Å². The number of likely N-dealkylation sites (tertiary alicyclic amines) is 1. The minimum Gasteiger partial charge on any atom is -0.473 e. The molecule has 0 saturated carbocycles. The van der Waals surface area contributed by atoms with Crippen LogP contribution in [0.25, 0.3) is 0 Å². The number of aromatic nitrogens is 2. The molecule has 2 atom stereocenters. The normalized spacial score (nSPS) is 22.0. The van der Waals surface area contributed by atoms with Crippen LogP contribution in [0.2, 0.25) is 0 Å². The van der Waals surface area contributed by atoms with E-state index in [2.05, 4.69) is 15.3 Å². The summed E-state index contributed by atoms with van der Waals surface area (Å²) in [5.41, 5.74) is 0.492. The molecule has 2 aliphatic heterocycles. The Labute approximate surface area is 197 Å². The fourth-order valence-corrected chi connectivity index (χ4v) is 4.19. The molecule has 2 aliphatic rings. The van der Waals surface area contributed by atoms with Gasteiger partial charge in [-0.25, -0.2) is 19.2 Å². The van der Waals surface area contributed by atoms with E-state index in [9.17, 15) is 9.18 Å². The van der Waals surface area contributed by atoms with E-state index in [1.54, 1.807) is 11.8 Å². The summed E-state index contributed by atoms with van der Waals surface area (Å²) in [6.07, 6.45) is 0.825. The van der Waals surface area contributed by atoms with Crippen LogP contribution in [0, 0.1) is 35.9 Å². The van der Waals surface area contributed by atoms with Crippen molar-refractivity contribution in [3.63, 3.8) is 0 Å². The highest BCUT2D eigenvalue weighted by Gasteiger charge is 2.44. The molecule has 1 aromatic heterocycles. The first kappa shape index (κ1) is 23.7. The van der Waals surface area contributed by atoms with E-state index in [1.807, 2.05) is 26.8 Å². The largest absolute Gasteiger partial charge is 0.473 e. The van der Waals surface area contributed by atoms with Crippen molar-refractivity contribution in [1.29, 1.82) is 5.26 Å². The van der Waals surface area contributed by atoms with Crippen molar-refractivity contribution >= 4 is 17.6 Å². The number of benzene rings is 1. The average molecular weight is 470 g/mol. The van der Waals surface area contributed by atoms with Crippen LogP contribution in [0.5, 0.6) is 5.88 Å². The van der Waals surface area contributed by atoms with Gasteiger partial charge in [-0.3, -0.25) is 0 Å². The number of carbonyl (C=O) groups excluding carboxylic acids is 1. The number of hydrogen-bond acceptors (Lipinski definition) is 8. The summed E-state index contributed by atoms with van der Waals surface area (Å²) in [4.78, 5) is 22.8. The second-order valence-electron chi connectivity index (χ2n) is 9.61. The van der Waals surface area contributed by atoms with Crippen LogP contribution in [0.4, 0.5) is 20.7 Å². The predicted molar refractivity (Wildman–Crippen MR) is 121 cm³/mol. The first-order chi connectivity index (χ1) is 16.1. The third-order valence-corrected chi connectivity index (χ3v) is 5.79. The number of anilines is 2. The molecule has 3 heterocycles. The molecule has 2 aromatic rings.